The Morgan fingerprint density at radius 3 is 2.58 bits per heavy atom. The highest BCUT2D eigenvalue weighted by Crippen LogP contribution is 2.31. The molecule has 3 N–H and O–H groups in total. The van der Waals surface area contributed by atoms with Crippen LogP contribution in [0.25, 0.3) is 0 Å². The molecule has 0 spiro atoms. The molecule has 10 nitrogen and oxygen atoms in total. The van der Waals surface area contributed by atoms with E-state index in [2.05, 4.69) is 15.5 Å². The van der Waals surface area contributed by atoms with Crippen molar-refractivity contribution in [2.75, 3.05) is 24.5 Å². The van der Waals surface area contributed by atoms with Crippen LogP contribution in [0.4, 0.5) is 11.5 Å². The van der Waals surface area contributed by atoms with Crippen molar-refractivity contribution in [3.8, 4) is 11.5 Å². The van der Waals surface area contributed by atoms with Gasteiger partial charge in [-0.25, -0.2) is 4.68 Å². The van der Waals surface area contributed by atoms with E-state index in [-0.39, 0.29) is 12.1 Å². The van der Waals surface area contributed by atoms with E-state index in [1.165, 1.54) is 5.01 Å². The number of amides is 2. The van der Waals surface area contributed by atoms with Crippen LogP contribution in [0.3, 0.4) is 0 Å². The van der Waals surface area contributed by atoms with Crippen LogP contribution in [0.15, 0.2) is 65.9 Å². The number of nitrogens with two attached hydrogens (primary N) is 1. The molecule has 0 saturated carbocycles. The van der Waals surface area contributed by atoms with Gasteiger partial charge in [-0.15, -0.1) is 0 Å². The Bertz CT molecular complexity index is 1190. The Labute approximate surface area is 190 Å². The number of ether oxygens (including phenoxy) is 2. The standard InChI is InChI=1S/C23H24N6O4/c1-32-19-10-6-7-15(21(19)33-2)14-28-20(11-12-25-28)26-23(31)17-13-18(22(24)30)29(27-17)16-8-4-3-5-9-16/h3-12,18H,13-14H2,1-2H3,(H2,24,30)(H,26,31). The monoisotopic (exact) mass is 448 g/mol. The highest BCUT2D eigenvalue weighted by Gasteiger charge is 2.35. The molecule has 1 aliphatic heterocycles. The summed E-state index contributed by atoms with van der Waals surface area (Å²) in [6, 6.07) is 15.6. The van der Waals surface area contributed by atoms with Gasteiger partial charge in [-0.2, -0.15) is 10.2 Å². The van der Waals surface area contributed by atoms with E-state index in [9.17, 15) is 9.59 Å². The fraction of sp³-hybridized carbons (Fsp3) is 0.217. The third-order valence-corrected chi connectivity index (χ3v) is 5.28. The summed E-state index contributed by atoms with van der Waals surface area (Å²) in [4.78, 5) is 25.0. The molecule has 2 heterocycles. The number of rotatable bonds is 8. The molecular weight excluding hydrogens is 424 g/mol. The molecule has 170 valence electrons. The number of anilines is 2. The van der Waals surface area contributed by atoms with Crippen LogP contribution in [0.5, 0.6) is 11.5 Å². The first-order valence-corrected chi connectivity index (χ1v) is 10.3. The number of para-hydroxylation sites is 2. The fourth-order valence-electron chi connectivity index (χ4n) is 3.68. The summed E-state index contributed by atoms with van der Waals surface area (Å²) in [7, 11) is 3.14. The second kappa shape index (κ2) is 9.43. The Hall–Kier alpha value is -4.34. The van der Waals surface area contributed by atoms with Gasteiger partial charge in [0.2, 0.25) is 5.91 Å². The summed E-state index contributed by atoms with van der Waals surface area (Å²) < 4.78 is 12.5. The quantitative estimate of drug-likeness (QED) is 0.543. The first-order valence-electron chi connectivity index (χ1n) is 10.3. The summed E-state index contributed by atoms with van der Waals surface area (Å²) in [5, 5.41) is 13.0. The number of carbonyl (C=O) groups is 2. The molecule has 33 heavy (non-hydrogen) atoms. The van der Waals surface area contributed by atoms with Gasteiger partial charge in [-0.05, 0) is 18.2 Å². The zero-order valence-corrected chi connectivity index (χ0v) is 18.3. The van der Waals surface area contributed by atoms with Crippen LogP contribution < -0.4 is 25.5 Å². The van der Waals surface area contributed by atoms with Crippen LogP contribution in [0, 0.1) is 0 Å². The average Bonchev–Trinajstić information content (AvgIpc) is 3.47. The SMILES string of the molecule is COc1cccc(Cn2nccc2NC(=O)C2=NN(c3ccccc3)C(C(N)=O)C2)c1OC. The van der Waals surface area contributed by atoms with Crippen LogP contribution >= 0.6 is 0 Å². The van der Waals surface area contributed by atoms with Gasteiger partial charge < -0.3 is 20.5 Å². The zero-order chi connectivity index (χ0) is 23.4. The lowest BCUT2D eigenvalue weighted by Gasteiger charge is -2.20. The van der Waals surface area contributed by atoms with Gasteiger partial charge >= 0.3 is 0 Å². The maximum atomic E-state index is 13.0. The summed E-state index contributed by atoms with van der Waals surface area (Å²) in [5.74, 6) is 0.684. The number of benzene rings is 2. The van der Waals surface area contributed by atoms with Crippen molar-refractivity contribution in [3.05, 3.63) is 66.4 Å². The maximum Gasteiger partial charge on any atom is 0.273 e. The van der Waals surface area contributed by atoms with Gasteiger partial charge in [-0.1, -0.05) is 30.3 Å². The molecule has 1 aliphatic rings. The summed E-state index contributed by atoms with van der Waals surface area (Å²) >= 11 is 0. The third-order valence-electron chi connectivity index (χ3n) is 5.28. The number of primary amides is 1. The van der Waals surface area contributed by atoms with Crippen molar-refractivity contribution in [1.82, 2.24) is 9.78 Å². The number of carbonyl (C=O) groups excluding carboxylic acids is 2. The normalized spacial score (nSPS) is 15.2. The van der Waals surface area contributed by atoms with Crippen molar-refractivity contribution in [2.24, 2.45) is 10.8 Å². The van der Waals surface area contributed by atoms with Crippen molar-refractivity contribution < 1.29 is 19.1 Å². The van der Waals surface area contributed by atoms with Crippen LogP contribution in [-0.2, 0) is 16.1 Å². The van der Waals surface area contributed by atoms with E-state index in [1.807, 2.05) is 30.3 Å². The zero-order valence-electron chi connectivity index (χ0n) is 18.3. The summed E-state index contributed by atoms with van der Waals surface area (Å²) in [6.07, 6.45) is 1.69. The smallest absolute Gasteiger partial charge is 0.273 e. The molecule has 3 aromatic rings. The van der Waals surface area contributed by atoms with Gasteiger partial charge in [0.25, 0.3) is 5.91 Å². The lowest BCUT2D eigenvalue weighted by Crippen LogP contribution is -2.39. The predicted molar refractivity (Wildman–Crippen MR) is 123 cm³/mol. The highest BCUT2D eigenvalue weighted by atomic mass is 16.5. The minimum Gasteiger partial charge on any atom is -0.493 e. The average molecular weight is 448 g/mol. The molecule has 0 saturated heterocycles. The molecule has 2 amide bonds. The maximum absolute atomic E-state index is 13.0. The minimum atomic E-state index is -0.737. The number of nitrogens with zero attached hydrogens (tertiary/aromatic N) is 4. The van der Waals surface area contributed by atoms with E-state index in [1.54, 1.807) is 49.4 Å². The number of hydrogen-bond donors (Lipinski definition) is 2. The lowest BCUT2D eigenvalue weighted by atomic mass is 10.1. The molecule has 1 aromatic heterocycles. The molecule has 0 radical (unpaired) electrons. The molecular formula is C23H24N6O4. The van der Waals surface area contributed by atoms with E-state index in [4.69, 9.17) is 15.2 Å². The Balaban J connectivity index is 1.54. The van der Waals surface area contributed by atoms with Crippen LogP contribution in [0.2, 0.25) is 0 Å². The van der Waals surface area contributed by atoms with E-state index in [0.29, 0.717) is 29.5 Å². The lowest BCUT2D eigenvalue weighted by molar-refractivity contribution is -0.119. The Kier molecular flexibility index (Phi) is 6.25. The van der Waals surface area contributed by atoms with Crippen molar-refractivity contribution >= 4 is 29.0 Å². The van der Waals surface area contributed by atoms with Crippen molar-refractivity contribution in [3.63, 3.8) is 0 Å². The number of methoxy groups -OCH3 is 2. The van der Waals surface area contributed by atoms with E-state index < -0.39 is 17.9 Å². The number of nitrogens with one attached hydrogen (secondary N) is 1. The molecule has 10 heteroatoms. The van der Waals surface area contributed by atoms with Gasteiger partial charge in [0, 0.05) is 18.1 Å². The molecule has 0 bridgehead atoms. The Morgan fingerprint density at radius 2 is 1.88 bits per heavy atom. The largest absolute Gasteiger partial charge is 0.493 e. The van der Waals surface area contributed by atoms with E-state index >= 15 is 0 Å². The van der Waals surface area contributed by atoms with Crippen molar-refractivity contribution in [2.45, 2.75) is 19.0 Å². The summed E-state index contributed by atoms with van der Waals surface area (Å²) in [6.45, 7) is 0.343. The molecule has 0 fully saturated rings. The van der Waals surface area contributed by atoms with Gasteiger partial charge in [0.1, 0.15) is 17.6 Å². The highest BCUT2D eigenvalue weighted by molar-refractivity contribution is 6.44. The number of hydrogen-bond acceptors (Lipinski definition) is 7. The fourth-order valence-corrected chi connectivity index (χ4v) is 3.68. The molecule has 1 atom stereocenters. The number of hydrazone groups is 1. The number of aromatic nitrogens is 2. The van der Waals surface area contributed by atoms with Crippen molar-refractivity contribution in [1.29, 1.82) is 0 Å². The first-order chi connectivity index (χ1) is 16.0. The first kappa shape index (κ1) is 21.9. The Morgan fingerprint density at radius 1 is 1.09 bits per heavy atom. The second-order valence-electron chi connectivity index (χ2n) is 7.33. The van der Waals surface area contributed by atoms with Gasteiger partial charge in [0.15, 0.2) is 11.5 Å². The topological polar surface area (TPSA) is 124 Å². The third kappa shape index (κ3) is 4.49. The second-order valence-corrected chi connectivity index (χ2v) is 7.33. The molecule has 2 aromatic carbocycles. The van der Waals surface area contributed by atoms with Gasteiger partial charge in [0.05, 0.1) is 32.6 Å². The van der Waals surface area contributed by atoms with Gasteiger partial charge in [-0.3, -0.25) is 14.6 Å². The molecule has 1 unspecified atom stereocenters. The van der Waals surface area contributed by atoms with E-state index in [0.717, 1.165) is 5.56 Å². The summed E-state index contributed by atoms with van der Waals surface area (Å²) in [5.41, 5.74) is 7.28. The molecule has 0 aliphatic carbocycles. The molecule has 4 rings (SSSR count). The predicted octanol–water partition coefficient (Wildman–Crippen LogP) is 2.01. The minimum absolute atomic E-state index is 0.105. The van der Waals surface area contributed by atoms with Crippen LogP contribution in [0.1, 0.15) is 12.0 Å². The van der Waals surface area contributed by atoms with Crippen LogP contribution in [-0.4, -0.2) is 47.6 Å².